The summed E-state index contributed by atoms with van der Waals surface area (Å²) in [7, 11) is 0. The van der Waals surface area contributed by atoms with E-state index in [0.29, 0.717) is 11.8 Å². The average Bonchev–Trinajstić information content (AvgIpc) is 3.00. The lowest BCUT2D eigenvalue weighted by Crippen LogP contribution is -2.40. The summed E-state index contributed by atoms with van der Waals surface area (Å²) < 4.78 is 1.09. The van der Waals surface area contributed by atoms with Gasteiger partial charge in [0.2, 0.25) is 0 Å². The molecule has 5 heteroatoms. The molecule has 2 heterocycles. The van der Waals surface area contributed by atoms with Crippen molar-refractivity contribution in [2.45, 2.75) is 38.3 Å². The average molecular weight is 344 g/mol. The maximum Gasteiger partial charge on any atom is 0.321 e. The fraction of sp³-hybridized carbons (Fsp3) is 0.643. The first-order chi connectivity index (χ1) is 9.08. The molecule has 1 aliphatic carbocycles. The summed E-state index contributed by atoms with van der Waals surface area (Å²) in [6.45, 7) is 3.08. The Labute approximate surface area is 125 Å². The van der Waals surface area contributed by atoms with Crippen LogP contribution in [0.4, 0.5) is 0 Å². The number of carbonyl (C=O) groups is 1. The molecule has 0 spiro atoms. The van der Waals surface area contributed by atoms with Crippen molar-refractivity contribution in [3.05, 3.63) is 20.8 Å². The van der Waals surface area contributed by atoms with Crippen LogP contribution < -0.4 is 0 Å². The number of nitrogens with zero attached hydrogens (tertiary/aromatic N) is 1. The monoisotopic (exact) mass is 343 g/mol. The van der Waals surface area contributed by atoms with E-state index in [1.54, 1.807) is 11.3 Å². The molecule has 0 radical (unpaired) electrons. The standard InChI is InChI=1S/C14H18BrNO2S/c1-8(12-5-10(15)7-19-12)16-6-9-3-2-4-11(9)13(16)14(17)18/h5,7-9,11,13H,2-4,6H2,1H3,(H,17,18). The van der Waals surface area contributed by atoms with E-state index < -0.39 is 5.97 Å². The Bertz CT molecular complexity index is 490. The number of rotatable bonds is 3. The van der Waals surface area contributed by atoms with Crippen LogP contribution in [0.1, 0.15) is 37.1 Å². The van der Waals surface area contributed by atoms with E-state index >= 15 is 0 Å². The predicted molar refractivity (Wildman–Crippen MR) is 79.4 cm³/mol. The van der Waals surface area contributed by atoms with E-state index in [2.05, 4.69) is 39.2 Å². The molecule has 0 amide bonds. The Hall–Kier alpha value is -0.390. The van der Waals surface area contributed by atoms with E-state index in [0.717, 1.165) is 17.4 Å². The second kappa shape index (κ2) is 5.19. The lowest BCUT2D eigenvalue weighted by molar-refractivity contribution is -0.144. The van der Waals surface area contributed by atoms with Crippen molar-refractivity contribution in [1.82, 2.24) is 4.90 Å². The summed E-state index contributed by atoms with van der Waals surface area (Å²) in [6.07, 6.45) is 3.48. The van der Waals surface area contributed by atoms with Gasteiger partial charge in [-0.3, -0.25) is 9.69 Å². The molecule has 0 aromatic carbocycles. The van der Waals surface area contributed by atoms with Crippen LogP contribution >= 0.6 is 27.3 Å². The van der Waals surface area contributed by atoms with Crippen LogP contribution in [0, 0.1) is 11.8 Å². The van der Waals surface area contributed by atoms with E-state index in [1.807, 2.05) is 0 Å². The van der Waals surface area contributed by atoms with Crippen molar-refractivity contribution in [2.24, 2.45) is 11.8 Å². The van der Waals surface area contributed by atoms with Crippen LogP contribution in [0.5, 0.6) is 0 Å². The van der Waals surface area contributed by atoms with Crippen molar-refractivity contribution < 1.29 is 9.90 Å². The van der Waals surface area contributed by atoms with Gasteiger partial charge in [-0.25, -0.2) is 0 Å². The fourth-order valence-electron chi connectivity index (χ4n) is 3.77. The first-order valence-corrected chi connectivity index (χ1v) is 8.47. The molecule has 3 nitrogen and oxygen atoms in total. The second-order valence-corrected chi connectivity index (χ2v) is 7.54. The minimum Gasteiger partial charge on any atom is -0.480 e. The molecule has 4 atom stereocenters. The van der Waals surface area contributed by atoms with Gasteiger partial charge >= 0.3 is 5.97 Å². The Kier molecular flexibility index (Phi) is 3.71. The van der Waals surface area contributed by atoms with E-state index in [1.165, 1.54) is 17.7 Å². The Morgan fingerprint density at radius 2 is 2.37 bits per heavy atom. The second-order valence-electron chi connectivity index (χ2n) is 5.68. The van der Waals surface area contributed by atoms with Crippen molar-refractivity contribution >= 4 is 33.2 Å². The molecule has 1 aliphatic heterocycles. The largest absolute Gasteiger partial charge is 0.480 e. The van der Waals surface area contributed by atoms with E-state index in [-0.39, 0.29) is 12.1 Å². The zero-order chi connectivity index (χ0) is 13.6. The van der Waals surface area contributed by atoms with Crippen LogP contribution in [-0.2, 0) is 4.79 Å². The molecule has 19 heavy (non-hydrogen) atoms. The Morgan fingerprint density at radius 1 is 1.58 bits per heavy atom. The van der Waals surface area contributed by atoms with E-state index in [9.17, 15) is 9.90 Å². The number of hydrogen-bond acceptors (Lipinski definition) is 3. The molecule has 3 rings (SSSR count). The van der Waals surface area contributed by atoms with Gasteiger partial charge in [-0.2, -0.15) is 0 Å². The molecule has 1 aromatic heterocycles. The maximum absolute atomic E-state index is 11.6. The number of hydrogen-bond donors (Lipinski definition) is 1. The van der Waals surface area contributed by atoms with Gasteiger partial charge in [-0.15, -0.1) is 11.3 Å². The number of aliphatic carboxylic acids is 1. The lowest BCUT2D eigenvalue weighted by Gasteiger charge is -2.29. The summed E-state index contributed by atoms with van der Waals surface area (Å²) in [5, 5.41) is 11.7. The van der Waals surface area contributed by atoms with Gasteiger partial charge < -0.3 is 5.11 Å². The molecular weight excluding hydrogens is 326 g/mol. The summed E-state index contributed by atoms with van der Waals surface area (Å²) in [5.74, 6) is 0.312. The van der Waals surface area contributed by atoms with Crippen molar-refractivity contribution in [2.75, 3.05) is 6.54 Å². The highest BCUT2D eigenvalue weighted by Gasteiger charge is 2.49. The van der Waals surface area contributed by atoms with Crippen molar-refractivity contribution in [3.63, 3.8) is 0 Å². The molecule has 2 aliphatic rings. The lowest BCUT2D eigenvalue weighted by atomic mass is 9.94. The molecule has 2 fully saturated rings. The SMILES string of the molecule is CC(c1cc(Br)cs1)N1CC2CCCC2C1C(=O)O. The van der Waals surface area contributed by atoms with Gasteiger partial charge in [0.1, 0.15) is 6.04 Å². The van der Waals surface area contributed by atoms with E-state index in [4.69, 9.17) is 0 Å². The highest BCUT2D eigenvalue weighted by atomic mass is 79.9. The van der Waals surface area contributed by atoms with Gasteiger partial charge in [0.25, 0.3) is 0 Å². The predicted octanol–water partition coefficient (Wildman–Crippen LogP) is 3.76. The first-order valence-electron chi connectivity index (χ1n) is 6.80. The van der Waals surface area contributed by atoms with Crippen LogP contribution in [0.2, 0.25) is 0 Å². The number of halogens is 1. The Morgan fingerprint density at radius 3 is 3.00 bits per heavy atom. The maximum atomic E-state index is 11.6. The Balaban J connectivity index is 1.85. The van der Waals surface area contributed by atoms with Gasteiger partial charge in [-0.1, -0.05) is 6.42 Å². The topological polar surface area (TPSA) is 40.5 Å². The highest BCUT2D eigenvalue weighted by Crippen LogP contribution is 2.46. The van der Waals surface area contributed by atoms with Crippen molar-refractivity contribution in [1.29, 1.82) is 0 Å². The molecule has 0 bridgehead atoms. The minimum absolute atomic E-state index is 0.197. The third-order valence-electron chi connectivity index (χ3n) is 4.68. The number of fused-ring (bicyclic) bond motifs is 1. The summed E-state index contributed by atoms with van der Waals surface area (Å²) in [4.78, 5) is 15.1. The number of thiophene rings is 1. The van der Waals surface area contributed by atoms with Gasteiger partial charge in [0.15, 0.2) is 0 Å². The minimum atomic E-state index is -0.642. The summed E-state index contributed by atoms with van der Waals surface area (Å²) >= 11 is 5.18. The third kappa shape index (κ3) is 2.36. The van der Waals surface area contributed by atoms with Crippen LogP contribution in [0.25, 0.3) is 0 Å². The quantitative estimate of drug-likeness (QED) is 0.908. The summed E-state index contributed by atoms with van der Waals surface area (Å²) in [5.41, 5.74) is 0. The molecular formula is C14H18BrNO2S. The molecule has 4 unspecified atom stereocenters. The van der Waals surface area contributed by atoms with Crippen molar-refractivity contribution in [3.8, 4) is 0 Å². The van der Waals surface area contributed by atoms with Gasteiger partial charge in [0.05, 0.1) is 0 Å². The normalized spacial score (nSPS) is 32.4. The third-order valence-corrected chi connectivity index (χ3v) is 6.54. The molecule has 1 saturated carbocycles. The number of likely N-dealkylation sites (tertiary alicyclic amines) is 1. The molecule has 104 valence electrons. The molecule has 1 N–H and O–H groups in total. The summed E-state index contributed by atoms with van der Waals surface area (Å²) in [6, 6.07) is 2.02. The highest BCUT2D eigenvalue weighted by molar-refractivity contribution is 9.10. The van der Waals surface area contributed by atoms with Crippen LogP contribution in [0.15, 0.2) is 15.9 Å². The smallest absolute Gasteiger partial charge is 0.321 e. The molecule has 1 aromatic rings. The first kappa shape index (κ1) is 13.6. The van der Waals surface area contributed by atoms with Crippen LogP contribution in [0.3, 0.4) is 0 Å². The van der Waals surface area contributed by atoms with Crippen LogP contribution in [-0.4, -0.2) is 28.6 Å². The zero-order valence-electron chi connectivity index (χ0n) is 10.9. The zero-order valence-corrected chi connectivity index (χ0v) is 13.3. The van der Waals surface area contributed by atoms with Gasteiger partial charge in [0, 0.05) is 27.3 Å². The number of carboxylic acid groups (broad SMARTS) is 1. The van der Waals surface area contributed by atoms with Gasteiger partial charge in [-0.05, 0) is 53.6 Å². The number of carboxylic acids is 1. The molecule has 1 saturated heterocycles. The fourth-order valence-corrected chi connectivity index (χ4v) is 5.30.